The molecule has 1 saturated carbocycles. The minimum absolute atomic E-state index is 0.992. The van der Waals surface area contributed by atoms with Gasteiger partial charge < -0.3 is 0 Å². The second-order valence-electron chi connectivity index (χ2n) is 4.35. The van der Waals surface area contributed by atoms with Crippen LogP contribution in [0, 0.1) is 6.92 Å². The maximum atomic E-state index is 2.31. The second-order valence-corrected chi connectivity index (χ2v) is 6.03. The molecule has 1 aliphatic carbocycles. The third-order valence-corrected chi connectivity index (χ3v) is 4.68. The van der Waals surface area contributed by atoms with Gasteiger partial charge in [-0.25, -0.2) is 0 Å². The lowest BCUT2D eigenvalue weighted by atomic mass is 10.0. The lowest BCUT2D eigenvalue weighted by Crippen LogP contribution is -2.10. The van der Waals surface area contributed by atoms with Crippen LogP contribution in [0.3, 0.4) is 0 Å². The molecule has 0 amide bonds. The number of hydrogen-bond acceptors (Lipinski definition) is 0. The molecular weight excluding hydrogens is 187 g/mol. The summed E-state index contributed by atoms with van der Waals surface area (Å²) in [7, 11) is 1.05. The first-order valence-electron chi connectivity index (χ1n) is 5.68. The Bertz CT molecular complexity index is 270. The quantitative estimate of drug-likeness (QED) is 0.648. The van der Waals surface area contributed by atoms with E-state index in [1.165, 1.54) is 37.7 Å². The molecule has 14 heavy (non-hydrogen) atoms. The molecule has 0 bridgehead atoms. The molecule has 0 heterocycles. The molecule has 1 atom stereocenters. The van der Waals surface area contributed by atoms with Gasteiger partial charge in [-0.05, 0) is 30.7 Å². The fourth-order valence-electron chi connectivity index (χ4n) is 2.13. The highest BCUT2D eigenvalue weighted by Gasteiger charge is 2.13. The molecular formula is C13H19P. The second kappa shape index (κ2) is 4.94. The van der Waals surface area contributed by atoms with Crippen molar-refractivity contribution in [3.05, 3.63) is 29.8 Å². The summed E-state index contributed by atoms with van der Waals surface area (Å²) >= 11 is 0. The average molecular weight is 206 g/mol. The van der Waals surface area contributed by atoms with Gasteiger partial charge in [0.05, 0.1) is 0 Å². The zero-order chi connectivity index (χ0) is 9.80. The van der Waals surface area contributed by atoms with Crippen LogP contribution in [0.15, 0.2) is 24.3 Å². The number of rotatable bonds is 2. The number of benzene rings is 1. The van der Waals surface area contributed by atoms with Gasteiger partial charge in [-0.2, -0.15) is 0 Å². The van der Waals surface area contributed by atoms with Crippen LogP contribution in [0.25, 0.3) is 0 Å². The number of aryl methyl sites for hydroxylation is 1. The van der Waals surface area contributed by atoms with E-state index in [-0.39, 0.29) is 0 Å². The maximum absolute atomic E-state index is 2.31. The van der Waals surface area contributed by atoms with Crippen LogP contribution < -0.4 is 5.30 Å². The summed E-state index contributed by atoms with van der Waals surface area (Å²) in [6.45, 7) is 2.16. The van der Waals surface area contributed by atoms with Crippen LogP contribution in [0.1, 0.15) is 37.7 Å². The zero-order valence-electron chi connectivity index (χ0n) is 8.92. The summed E-state index contributed by atoms with van der Waals surface area (Å²) in [5, 5.41) is 1.56. The molecule has 2 rings (SSSR count). The van der Waals surface area contributed by atoms with E-state index in [0.717, 1.165) is 14.2 Å². The zero-order valence-corrected chi connectivity index (χ0v) is 9.92. The van der Waals surface area contributed by atoms with Crippen LogP contribution in [0.2, 0.25) is 0 Å². The summed E-state index contributed by atoms with van der Waals surface area (Å²) in [6.07, 6.45) is 7.32. The molecule has 0 nitrogen and oxygen atoms in total. The van der Waals surface area contributed by atoms with E-state index < -0.39 is 0 Å². The van der Waals surface area contributed by atoms with E-state index in [9.17, 15) is 0 Å². The van der Waals surface area contributed by atoms with Crippen LogP contribution in [0.4, 0.5) is 0 Å². The third kappa shape index (κ3) is 2.82. The molecule has 0 N–H and O–H groups in total. The van der Waals surface area contributed by atoms with Crippen molar-refractivity contribution in [3.63, 3.8) is 0 Å². The molecule has 1 fully saturated rings. The van der Waals surface area contributed by atoms with Crippen molar-refractivity contribution in [2.45, 2.75) is 44.7 Å². The predicted octanol–water partition coefficient (Wildman–Crippen LogP) is 3.63. The van der Waals surface area contributed by atoms with E-state index >= 15 is 0 Å². The molecule has 1 aromatic carbocycles. The van der Waals surface area contributed by atoms with Crippen molar-refractivity contribution in [1.29, 1.82) is 0 Å². The molecule has 1 unspecified atom stereocenters. The van der Waals surface area contributed by atoms with Crippen molar-refractivity contribution in [3.8, 4) is 0 Å². The van der Waals surface area contributed by atoms with Crippen LogP contribution in [-0.2, 0) is 0 Å². The van der Waals surface area contributed by atoms with Gasteiger partial charge in [0.25, 0.3) is 0 Å². The van der Waals surface area contributed by atoms with Gasteiger partial charge in [0.1, 0.15) is 0 Å². The third-order valence-electron chi connectivity index (χ3n) is 3.03. The topological polar surface area (TPSA) is 0 Å². The SMILES string of the molecule is Cc1ccc(PC2CCCCC2)cc1. The van der Waals surface area contributed by atoms with E-state index in [2.05, 4.69) is 31.2 Å². The Morgan fingerprint density at radius 3 is 2.29 bits per heavy atom. The van der Waals surface area contributed by atoms with E-state index in [1.54, 1.807) is 5.30 Å². The maximum Gasteiger partial charge on any atom is -0.0196 e. The van der Waals surface area contributed by atoms with Gasteiger partial charge in [-0.15, -0.1) is 0 Å². The van der Waals surface area contributed by atoms with Gasteiger partial charge in [0.2, 0.25) is 0 Å². The van der Waals surface area contributed by atoms with Crippen molar-refractivity contribution in [2.24, 2.45) is 0 Å². The molecule has 0 aliphatic heterocycles. The first-order valence-corrected chi connectivity index (χ1v) is 6.75. The standard InChI is InChI=1S/C13H19P/c1-11-7-9-13(10-8-11)14-12-5-3-2-4-6-12/h7-10,12,14H,2-6H2,1H3. The van der Waals surface area contributed by atoms with Crippen LogP contribution in [0.5, 0.6) is 0 Å². The number of hydrogen-bond donors (Lipinski definition) is 0. The summed E-state index contributed by atoms with van der Waals surface area (Å²) < 4.78 is 0. The minimum atomic E-state index is 0.992. The average Bonchev–Trinajstić information content (AvgIpc) is 2.23. The molecule has 0 aromatic heterocycles. The van der Waals surface area contributed by atoms with Crippen molar-refractivity contribution in [1.82, 2.24) is 0 Å². The van der Waals surface area contributed by atoms with Gasteiger partial charge in [-0.3, -0.25) is 0 Å². The Morgan fingerprint density at radius 2 is 1.64 bits per heavy atom. The monoisotopic (exact) mass is 206 g/mol. The molecule has 1 aliphatic rings. The minimum Gasteiger partial charge on any atom is -0.0872 e. The van der Waals surface area contributed by atoms with Gasteiger partial charge in [0.15, 0.2) is 0 Å². The van der Waals surface area contributed by atoms with E-state index in [1.807, 2.05) is 0 Å². The fraction of sp³-hybridized carbons (Fsp3) is 0.538. The highest BCUT2D eigenvalue weighted by Crippen LogP contribution is 2.32. The Balaban J connectivity index is 1.92. The van der Waals surface area contributed by atoms with E-state index in [4.69, 9.17) is 0 Å². The molecule has 0 radical (unpaired) electrons. The summed E-state index contributed by atoms with van der Waals surface area (Å²) in [5.74, 6) is 0. The van der Waals surface area contributed by atoms with Gasteiger partial charge in [0, 0.05) is 0 Å². The predicted molar refractivity (Wildman–Crippen MR) is 66.0 cm³/mol. The Morgan fingerprint density at radius 1 is 1.00 bits per heavy atom. The van der Waals surface area contributed by atoms with Gasteiger partial charge >= 0.3 is 0 Å². The fourth-order valence-corrected chi connectivity index (χ4v) is 3.66. The smallest absolute Gasteiger partial charge is 0.0196 e. The largest absolute Gasteiger partial charge is 0.0872 e. The first-order chi connectivity index (χ1) is 6.84. The van der Waals surface area contributed by atoms with Crippen molar-refractivity contribution >= 4 is 13.9 Å². The molecule has 76 valence electrons. The lowest BCUT2D eigenvalue weighted by Gasteiger charge is -2.21. The highest BCUT2D eigenvalue weighted by atomic mass is 31.1. The highest BCUT2D eigenvalue weighted by molar-refractivity contribution is 7.48. The van der Waals surface area contributed by atoms with Gasteiger partial charge in [-0.1, -0.05) is 57.7 Å². The van der Waals surface area contributed by atoms with Crippen molar-refractivity contribution in [2.75, 3.05) is 0 Å². The summed E-state index contributed by atoms with van der Waals surface area (Å²) in [5.41, 5.74) is 2.37. The summed E-state index contributed by atoms with van der Waals surface area (Å²) in [6, 6.07) is 9.10. The Hall–Kier alpha value is -0.350. The normalized spacial score (nSPS) is 19.2. The summed E-state index contributed by atoms with van der Waals surface area (Å²) in [4.78, 5) is 0. The Kier molecular flexibility index (Phi) is 3.59. The molecule has 0 spiro atoms. The molecule has 1 aromatic rings. The van der Waals surface area contributed by atoms with E-state index in [0.29, 0.717) is 0 Å². The molecule has 0 saturated heterocycles. The van der Waals surface area contributed by atoms with Crippen LogP contribution in [-0.4, -0.2) is 5.66 Å². The molecule has 1 heteroatoms. The lowest BCUT2D eigenvalue weighted by molar-refractivity contribution is 0.514. The first kappa shape index (κ1) is 10.2. The Labute approximate surface area is 88.9 Å². The van der Waals surface area contributed by atoms with Crippen molar-refractivity contribution < 1.29 is 0 Å². The van der Waals surface area contributed by atoms with Crippen LogP contribution >= 0.6 is 8.58 Å².